The number of nitrogens with one attached hydrogen (secondary N) is 2. The number of hydrogen-bond acceptors (Lipinski definition) is 3. The molecule has 2 fully saturated rings. The third-order valence-corrected chi connectivity index (χ3v) is 5.51. The van der Waals surface area contributed by atoms with Crippen LogP contribution in [0.5, 0.6) is 0 Å². The quantitative estimate of drug-likeness (QED) is 0.222. The summed E-state index contributed by atoms with van der Waals surface area (Å²) in [6.07, 6.45) is 3.86. The molecule has 0 atom stereocenters. The van der Waals surface area contributed by atoms with E-state index < -0.39 is 0 Å². The Kier molecular flexibility index (Phi) is 10.9. The second-order valence-corrected chi connectivity index (χ2v) is 8.29. The van der Waals surface area contributed by atoms with E-state index in [-0.39, 0.29) is 35.8 Å². The summed E-state index contributed by atoms with van der Waals surface area (Å²) in [5, 5.41) is 6.99. The first-order valence-electron chi connectivity index (χ1n) is 10.9. The normalized spacial score (nSPS) is 16.5. The fourth-order valence-corrected chi connectivity index (χ4v) is 3.69. The molecule has 9 heteroatoms. The van der Waals surface area contributed by atoms with Gasteiger partial charge in [-0.15, -0.1) is 24.0 Å². The van der Waals surface area contributed by atoms with Crippen molar-refractivity contribution in [3.63, 3.8) is 0 Å². The fraction of sp³-hybridized carbons (Fsp3) is 0.591. The van der Waals surface area contributed by atoms with Crippen LogP contribution in [0.15, 0.2) is 29.3 Å². The number of hydrogen-bond donors (Lipinski definition) is 2. The lowest BCUT2D eigenvalue weighted by Gasteiger charge is -2.36. The van der Waals surface area contributed by atoms with Gasteiger partial charge < -0.3 is 20.4 Å². The third kappa shape index (κ3) is 8.84. The maximum absolute atomic E-state index is 12.6. The molecule has 0 radical (unpaired) electrons. The Labute approximate surface area is 207 Å². The molecule has 2 aliphatic rings. The molecule has 1 aliphatic heterocycles. The zero-order chi connectivity index (χ0) is 21.3. The average Bonchev–Trinajstić information content (AvgIpc) is 3.54. The summed E-state index contributed by atoms with van der Waals surface area (Å²) in [6, 6.07) is 7.88. The molecule has 2 N–H and O–H groups in total. The van der Waals surface area contributed by atoms with Gasteiger partial charge in [0.05, 0.1) is 6.42 Å². The lowest BCUT2D eigenvalue weighted by atomic mass is 10.1. The van der Waals surface area contributed by atoms with E-state index in [9.17, 15) is 9.59 Å². The van der Waals surface area contributed by atoms with Gasteiger partial charge in [0.25, 0.3) is 0 Å². The van der Waals surface area contributed by atoms with E-state index in [2.05, 4.69) is 20.5 Å². The summed E-state index contributed by atoms with van der Waals surface area (Å²) in [4.78, 5) is 33.2. The van der Waals surface area contributed by atoms with E-state index in [0.29, 0.717) is 43.5 Å². The number of piperazine rings is 1. The Morgan fingerprint density at radius 2 is 1.87 bits per heavy atom. The molecule has 1 aromatic rings. The van der Waals surface area contributed by atoms with Crippen LogP contribution < -0.4 is 10.6 Å². The van der Waals surface area contributed by atoms with Crippen LogP contribution in [0, 0.1) is 0 Å². The van der Waals surface area contributed by atoms with E-state index in [1.807, 2.05) is 36.1 Å². The molecule has 0 unspecified atom stereocenters. The Balaban J connectivity index is 0.00000341. The minimum absolute atomic E-state index is 0. The van der Waals surface area contributed by atoms with Crippen molar-refractivity contribution in [3.8, 4) is 0 Å². The van der Waals surface area contributed by atoms with Crippen LogP contribution in [-0.2, 0) is 16.0 Å². The highest BCUT2D eigenvalue weighted by molar-refractivity contribution is 14.0. The molecule has 7 nitrogen and oxygen atoms in total. The van der Waals surface area contributed by atoms with Crippen molar-refractivity contribution in [2.24, 2.45) is 4.99 Å². The first-order valence-corrected chi connectivity index (χ1v) is 11.3. The number of amides is 2. The molecule has 1 aliphatic carbocycles. The molecule has 2 amide bonds. The first-order chi connectivity index (χ1) is 14.5. The number of rotatable bonds is 8. The van der Waals surface area contributed by atoms with Crippen molar-refractivity contribution in [1.29, 1.82) is 0 Å². The molecule has 3 rings (SSSR count). The van der Waals surface area contributed by atoms with Crippen LogP contribution in [-0.4, -0.2) is 72.9 Å². The molecule has 0 aromatic heterocycles. The largest absolute Gasteiger partial charge is 0.357 e. The van der Waals surface area contributed by atoms with Gasteiger partial charge in [0.1, 0.15) is 0 Å². The SMILES string of the molecule is CCNC(=NCCCC(=O)NC1CC1)N1CCN(C(=O)Cc2cccc(Cl)c2)CC1.I. The number of guanidine groups is 1. The highest BCUT2D eigenvalue weighted by Crippen LogP contribution is 2.18. The van der Waals surface area contributed by atoms with E-state index in [4.69, 9.17) is 11.6 Å². The highest BCUT2D eigenvalue weighted by Gasteiger charge is 2.24. The van der Waals surface area contributed by atoms with E-state index in [0.717, 1.165) is 50.4 Å². The van der Waals surface area contributed by atoms with E-state index >= 15 is 0 Å². The van der Waals surface area contributed by atoms with Gasteiger partial charge in [0, 0.05) is 56.8 Å². The number of nitrogens with zero attached hydrogens (tertiary/aromatic N) is 3. The minimum atomic E-state index is 0. The molecular weight excluding hydrogens is 529 g/mol. The van der Waals surface area contributed by atoms with Crippen molar-refractivity contribution < 1.29 is 9.59 Å². The standard InChI is InChI=1S/C22H32ClN5O2.HI/c1-2-24-22(25-10-4-7-20(29)26-19-8-9-19)28-13-11-27(12-14-28)21(30)16-17-5-3-6-18(23)15-17;/h3,5-6,15,19H,2,4,7-14,16H2,1H3,(H,24,25)(H,26,29);1H. The fourth-order valence-electron chi connectivity index (χ4n) is 3.48. The van der Waals surface area contributed by atoms with Gasteiger partial charge >= 0.3 is 0 Å². The van der Waals surface area contributed by atoms with Crippen molar-refractivity contribution >= 4 is 53.4 Å². The second-order valence-electron chi connectivity index (χ2n) is 7.86. The number of benzene rings is 1. The summed E-state index contributed by atoms with van der Waals surface area (Å²) in [7, 11) is 0. The maximum Gasteiger partial charge on any atom is 0.227 e. The molecule has 31 heavy (non-hydrogen) atoms. The summed E-state index contributed by atoms with van der Waals surface area (Å²) >= 11 is 6.02. The summed E-state index contributed by atoms with van der Waals surface area (Å²) < 4.78 is 0. The predicted molar refractivity (Wildman–Crippen MR) is 135 cm³/mol. The summed E-state index contributed by atoms with van der Waals surface area (Å²) in [5.41, 5.74) is 0.940. The van der Waals surface area contributed by atoms with Gasteiger partial charge in [-0.2, -0.15) is 0 Å². The van der Waals surface area contributed by atoms with Gasteiger partial charge in [-0.25, -0.2) is 0 Å². The topological polar surface area (TPSA) is 77.0 Å². The van der Waals surface area contributed by atoms with E-state index in [1.54, 1.807) is 0 Å². The van der Waals surface area contributed by atoms with Crippen LogP contribution in [0.25, 0.3) is 0 Å². The minimum Gasteiger partial charge on any atom is -0.357 e. The zero-order valence-electron chi connectivity index (χ0n) is 18.1. The average molecular weight is 562 g/mol. The smallest absolute Gasteiger partial charge is 0.227 e. The first kappa shape index (κ1) is 25.7. The highest BCUT2D eigenvalue weighted by atomic mass is 127. The zero-order valence-corrected chi connectivity index (χ0v) is 21.2. The summed E-state index contributed by atoms with van der Waals surface area (Å²) in [5.74, 6) is 1.12. The van der Waals surface area contributed by atoms with Crippen molar-refractivity contribution in [2.75, 3.05) is 39.3 Å². The Hall–Kier alpha value is -1.55. The molecule has 1 saturated carbocycles. The molecule has 0 bridgehead atoms. The van der Waals surface area contributed by atoms with Gasteiger partial charge in [-0.1, -0.05) is 23.7 Å². The van der Waals surface area contributed by atoms with E-state index in [1.165, 1.54) is 0 Å². The van der Waals surface area contributed by atoms with Crippen LogP contribution in [0.3, 0.4) is 0 Å². The van der Waals surface area contributed by atoms with Crippen LogP contribution >= 0.6 is 35.6 Å². The van der Waals surface area contributed by atoms with Crippen molar-refractivity contribution in [2.45, 2.75) is 45.1 Å². The molecular formula is C22H33ClIN5O2. The molecule has 172 valence electrons. The monoisotopic (exact) mass is 561 g/mol. The summed E-state index contributed by atoms with van der Waals surface area (Å²) in [6.45, 7) is 6.29. The molecule has 1 saturated heterocycles. The van der Waals surface area contributed by atoms with Crippen LogP contribution in [0.4, 0.5) is 0 Å². The van der Waals surface area contributed by atoms with Crippen molar-refractivity contribution in [1.82, 2.24) is 20.4 Å². The number of carbonyl (C=O) groups excluding carboxylic acids is 2. The van der Waals surface area contributed by atoms with Gasteiger partial charge in [0.2, 0.25) is 11.8 Å². The second kappa shape index (κ2) is 13.1. The lowest BCUT2D eigenvalue weighted by molar-refractivity contribution is -0.131. The van der Waals surface area contributed by atoms with Crippen LogP contribution in [0.1, 0.15) is 38.2 Å². The Morgan fingerprint density at radius 3 is 2.52 bits per heavy atom. The Bertz CT molecular complexity index is 764. The Morgan fingerprint density at radius 1 is 1.16 bits per heavy atom. The lowest BCUT2D eigenvalue weighted by Crippen LogP contribution is -2.54. The van der Waals surface area contributed by atoms with Gasteiger partial charge in [0.15, 0.2) is 5.96 Å². The number of aliphatic imine (C=N–C) groups is 1. The third-order valence-electron chi connectivity index (χ3n) is 5.28. The van der Waals surface area contributed by atoms with Crippen molar-refractivity contribution in [3.05, 3.63) is 34.9 Å². The number of halogens is 2. The van der Waals surface area contributed by atoms with Gasteiger partial charge in [-0.3, -0.25) is 14.6 Å². The maximum atomic E-state index is 12.6. The van der Waals surface area contributed by atoms with Gasteiger partial charge in [-0.05, 0) is 43.9 Å². The molecule has 1 heterocycles. The van der Waals surface area contributed by atoms with Crippen LogP contribution in [0.2, 0.25) is 5.02 Å². The molecule has 0 spiro atoms. The predicted octanol–water partition coefficient (Wildman–Crippen LogP) is 2.67. The number of carbonyl (C=O) groups is 2. The molecule has 1 aromatic carbocycles.